The molecule has 8 nitrogen and oxygen atoms in total. The molecule has 0 spiro atoms. The molecule has 1 fully saturated rings. The Hall–Kier alpha value is -2.33. The molecule has 26 heavy (non-hydrogen) atoms. The zero-order valence-electron chi connectivity index (χ0n) is 14.3. The van der Waals surface area contributed by atoms with Gasteiger partial charge in [-0.15, -0.1) is 0 Å². The maximum absolute atomic E-state index is 13.3. The first-order chi connectivity index (χ1) is 12.3. The quantitative estimate of drug-likeness (QED) is 0.750. The summed E-state index contributed by atoms with van der Waals surface area (Å²) in [7, 11) is -2.30. The number of sulfonamides is 1. The van der Waals surface area contributed by atoms with E-state index in [-0.39, 0.29) is 55.7 Å². The number of benzene rings is 1. The van der Waals surface area contributed by atoms with E-state index in [0.29, 0.717) is 5.71 Å². The molecule has 2 aliphatic heterocycles. The maximum Gasteiger partial charge on any atom is 0.270 e. The fourth-order valence-corrected chi connectivity index (χ4v) is 4.37. The third-order valence-corrected chi connectivity index (χ3v) is 6.31. The van der Waals surface area contributed by atoms with Crippen molar-refractivity contribution in [3.05, 3.63) is 30.1 Å². The lowest BCUT2D eigenvalue weighted by Gasteiger charge is -2.34. The Morgan fingerprint density at radius 1 is 1.15 bits per heavy atom. The van der Waals surface area contributed by atoms with Crippen LogP contribution in [0.3, 0.4) is 0 Å². The number of carbonyl (C=O) groups is 2. The van der Waals surface area contributed by atoms with Crippen LogP contribution in [0, 0.1) is 5.82 Å². The van der Waals surface area contributed by atoms with E-state index in [0.717, 1.165) is 11.1 Å². The third kappa shape index (κ3) is 3.61. The van der Waals surface area contributed by atoms with Crippen molar-refractivity contribution in [1.82, 2.24) is 14.2 Å². The van der Waals surface area contributed by atoms with Gasteiger partial charge in [-0.05, 0) is 18.2 Å². The van der Waals surface area contributed by atoms with Crippen molar-refractivity contribution in [2.24, 2.45) is 5.10 Å². The average molecular weight is 382 g/mol. The molecule has 2 heterocycles. The van der Waals surface area contributed by atoms with Crippen molar-refractivity contribution in [3.63, 3.8) is 0 Å². The Labute approximate surface area is 150 Å². The van der Waals surface area contributed by atoms with E-state index in [1.54, 1.807) is 0 Å². The zero-order chi connectivity index (χ0) is 18.9. The van der Waals surface area contributed by atoms with Gasteiger partial charge in [0.1, 0.15) is 11.5 Å². The molecule has 0 radical (unpaired) electrons. The minimum absolute atomic E-state index is 0.103. The predicted molar refractivity (Wildman–Crippen MR) is 91.2 cm³/mol. The summed E-state index contributed by atoms with van der Waals surface area (Å²) in [4.78, 5) is 25.4. The van der Waals surface area contributed by atoms with Crippen molar-refractivity contribution in [3.8, 4) is 0 Å². The number of piperazine rings is 1. The van der Waals surface area contributed by atoms with Crippen molar-refractivity contribution >= 4 is 27.5 Å². The molecule has 0 N–H and O–H groups in total. The number of rotatable bonds is 3. The SMILES string of the molecule is CN1N=C(C(=O)N2CCN(S(=O)(=O)c3cccc(F)c3)CC2)CCC1=O. The van der Waals surface area contributed by atoms with Gasteiger partial charge in [0.2, 0.25) is 15.9 Å². The van der Waals surface area contributed by atoms with Crippen molar-refractivity contribution in [2.75, 3.05) is 33.2 Å². The van der Waals surface area contributed by atoms with Gasteiger partial charge in [-0.2, -0.15) is 9.41 Å². The Bertz CT molecular complexity index is 863. The molecule has 140 valence electrons. The smallest absolute Gasteiger partial charge is 0.270 e. The van der Waals surface area contributed by atoms with Crippen LogP contribution in [0.2, 0.25) is 0 Å². The minimum atomic E-state index is -3.80. The Morgan fingerprint density at radius 2 is 1.85 bits per heavy atom. The molecule has 10 heteroatoms. The summed E-state index contributed by atoms with van der Waals surface area (Å²) < 4.78 is 39.7. The Balaban J connectivity index is 1.67. The third-order valence-electron chi connectivity index (χ3n) is 4.41. The maximum atomic E-state index is 13.3. The fraction of sp³-hybridized carbons (Fsp3) is 0.438. The lowest BCUT2D eigenvalue weighted by molar-refractivity contribution is -0.130. The van der Waals surface area contributed by atoms with Gasteiger partial charge < -0.3 is 4.90 Å². The van der Waals surface area contributed by atoms with Crippen molar-refractivity contribution in [1.29, 1.82) is 0 Å². The number of carbonyl (C=O) groups excluding carboxylic acids is 2. The predicted octanol–water partition coefficient (Wildman–Crippen LogP) is 0.267. The zero-order valence-corrected chi connectivity index (χ0v) is 15.1. The van der Waals surface area contributed by atoms with Crippen LogP contribution in [0.4, 0.5) is 4.39 Å². The standard InChI is InChI=1S/C16H19FN4O4S/c1-19-15(22)6-5-14(18-19)16(23)20-7-9-21(10-8-20)26(24,25)13-4-2-3-12(17)11-13/h2-4,11H,5-10H2,1H3. The molecule has 0 unspecified atom stereocenters. The van der Waals surface area contributed by atoms with Gasteiger partial charge in [0, 0.05) is 46.1 Å². The van der Waals surface area contributed by atoms with Crippen LogP contribution in [-0.4, -0.2) is 73.4 Å². The average Bonchev–Trinajstić information content (AvgIpc) is 2.63. The highest BCUT2D eigenvalue weighted by atomic mass is 32.2. The first-order valence-corrected chi connectivity index (χ1v) is 9.62. The summed E-state index contributed by atoms with van der Waals surface area (Å²) in [5, 5.41) is 5.15. The first kappa shape index (κ1) is 18.5. The molecular weight excluding hydrogens is 363 g/mol. The molecule has 0 saturated carbocycles. The first-order valence-electron chi connectivity index (χ1n) is 8.18. The van der Waals surface area contributed by atoms with Crippen LogP contribution in [-0.2, 0) is 19.6 Å². The van der Waals surface area contributed by atoms with Gasteiger partial charge in [0.15, 0.2) is 0 Å². The Morgan fingerprint density at radius 3 is 2.46 bits per heavy atom. The van der Waals surface area contributed by atoms with Gasteiger partial charge in [0.25, 0.3) is 5.91 Å². The summed E-state index contributed by atoms with van der Waals surface area (Å²) in [6, 6.07) is 4.86. The van der Waals surface area contributed by atoms with Gasteiger partial charge in [0.05, 0.1) is 4.90 Å². The fourth-order valence-electron chi connectivity index (χ4n) is 2.91. The van der Waals surface area contributed by atoms with Crippen molar-refractivity contribution in [2.45, 2.75) is 17.7 Å². The highest BCUT2D eigenvalue weighted by Gasteiger charge is 2.32. The number of hydrogen-bond acceptors (Lipinski definition) is 5. The number of nitrogens with zero attached hydrogens (tertiary/aromatic N) is 4. The highest BCUT2D eigenvalue weighted by Crippen LogP contribution is 2.19. The Kier molecular flexibility index (Phi) is 5.05. The molecule has 2 aliphatic rings. The number of hydrazone groups is 1. The van der Waals surface area contributed by atoms with E-state index in [1.165, 1.54) is 34.5 Å². The van der Waals surface area contributed by atoms with Gasteiger partial charge in [-0.25, -0.2) is 17.8 Å². The molecule has 1 aromatic rings. The lowest BCUT2D eigenvalue weighted by Crippen LogP contribution is -2.52. The second kappa shape index (κ2) is 7.12. The van der Waals surface area contributed by atoms with E-state index < -0.39 is 15.8 Å². The molecule has 0 atom stereocenters. The van der Waals surface area contributed by atoms with Crippen LogP contribution >= 0.6 is 0 Å². The van der Waals surface area contributed by atoms with E-state index in [2.05, 4.69) is 5.10 Å². The molecule has 0 aliphatic carbocycles. The van der Waals surface area contributed by atoms with E-state index in [4.69, 9.17) is 0 Å². The summed E-state index contributed by atoms with van der Waals surface area (Å²) in [5.41, 5.74) is 0.300. The molecule has 0 bridgehead atoms. The molecule has 0 aromatic heterocycles. The number of amides is 2. The lowest BCUT2D eigenvalue weighted by atomic mass is 10.1. The number of halogens is 1. The van der Waals surface area contributed by atoms with Gasteiger partial charge in [-0.3, -0.25) is 9.59 Å². The molecule has 2 amide bonds. The summed E-state index contributed by atoms with van der Waals surface area (Å²) in [5.74, 6) is -1.05. The largest absolute Gasteiger partial charge is 0.335 e. The number of hydrogen-bond donors (Lipinski definition) is 0. The van der Waals surface area contributed by atoms with E-state index in [9.17, 15) is 22.4 Å². The topological polar surface area (TPSA) is 90.4 Å². The summed E-state index contributed by atoms with van der Waals surface area (Å²) in [6.07, 6.45) is 0.513. The summed E-state index contributed by atoms with van der Waals surface area (Å²) in [6.45, 7) is 0.660. The van der Waals surface area contributed by atoms with Crippen LogP contribution in [0.25, 0.3) is 0 Å². The normalized spacial score (nSPS) is 19.5. The molecular formula is C16H19FN4O4S. The summed E-state index contributed by atoms with van der Waals surface area (Å²) >= 11 is 0. The van der Waals surface area contributed by atoms with Crippen LogP contribution < -0.4 is 0 Å². The highest BCUT2D eigenvalue weighted by molar-refractivity contribution is 7.89. The van der Waals surface area contributed by atoms with E-state index in [1.807, 2.05) is 0 Å². The molecule has 1 saturated heterocycles. The molecule has 1 aromatic carbocycles. The van der Waals surface area contributed by atoms with Crippen LogP contribution in [0.5, 0.6) is 0 Å². The van der Waals surface area contributed by atoms with Gasteiger partial charge >= 0.3 is 0 Å². The van der Waals surface area contributed by atoms with Crippen molar-refractivity contribution < 1.29 is 22.4 Å². The van der Waals surface area contributed by atoms with E-state index >= 15 is 0 Å². The minimum Gasteiger partial charge on any atom is -0.335 e. The van der Waals surface area contributed by atoms with Crippen LogP contribution in [0.1, 0.15) is 12.8 Å². The monoisotopic (exact) mass is 382 g/mol. The second-order valence-electron chi connectivity index (χ2n) is 6.12. The van der Waals surface area contributed by atoms with Crippen LogP contribution in [0.15, 0.2) is 34.3 Å². The molecule has 3 rings (SSSR count). The van der Waals surface area contributed by atoms with Gasteiger partial charge in [-0.1, -0.05) is 6.07 Å². The second-order valence-corrected chi connectivity index (χ2v) is 8.06.